The number of thioether (sulfide) groups is 1. The van der Waals surface area contributed by atoms with Gasteiger partial charge in [-0.3, -0.25) is 9.59 Å². The van der Waals surface area contributed by atoms with Crippen molar-refractivity contribution in [2.45, 2.75) is 38.5 Å². The summed E-state index contributed by atoms with van der Waals surface area (Å²) in [5.41, 5.74) is 1.56. The molecule has 0 spiro atoms. The van der Waals surface area contributed by atoms with E-state index in [0.29, 0.717) is 10.9 Å². The third-order valence-corrected chi connectivity index (χ3v) is 4.14. The number of amidine groups is 1. The Bertz CT molecular complexity index is 683. The summed E-state index contributed by atoms with van der Waals surface area (Å²) >= 11 is 1.07. The van der Waals surface area contributed by atoms with Crippen LogP contribution in [-0.4, -0.2) is 39.2 Å². The smallest absolute Gasteiger partial charge is 0.305 e. The maximum Gasteiger partial charge on any atom is 0.305 e. The van der Waals surface area contributed by atoms with Gasteiger partial charge in [0.2, 0.25) is 5.91 Å². The second kappa shape index (κ2) is 7.96. The van der Waals surface area contributed by atoms with Crippen molar-refractivity contribution < 1.29 is 19.4 Å². The minimum atomic E-state index is -1.02. The van der Waals surface area contributed by atoms with Gasteiger partial charge in [0.15, 0.2) is 5.17 Å². The van der Waals surface area contributed by atoms with Crippen LogP contribution in [0.3, 0.4) is 0 Å². The molecule has 0 aromatic heterocycles. The topological polar surface area (TPSA) is 100 Å². The molecule has 1 aromatic carbocycles. The first kappa shape index (κ1) is 18.0. The quantitative estimate of drug-likeness (QED) is 0.606. The Morgan fingerprint density at radius 1 is 1.38 bits per heavy atom. The lowest BCUT2D eigenvalue weighted by atomic mass is 10.1. The number of nitrogens with one attached hydrogen (secondary N) is 1. The van der Waals surface area contributed by atoms with Crippen molar-refractivity contribution in [2.24, 2.45) is 10.2 Å². The van der Waals surface area contributed by atoms with E-state index < -0.39 is 11.2 Å². The number of carboxylic acids is 1. The average molecular weight is 349 g/mol. The van der Waals surface area contributed by atoms with E-state index in [0.717, 1.165) is 23.1 Å². The van der Waals surface area contributed by atoms with Gasteiger partial charge in [0.05, 0.1) is 18.2 Å². The third kappa shape index (κ3) is 5.09. The molecule has 1 amide bonds. The Morgan fingerprint density at radius 2 is 2.04 bits per heavy atom. The highest BCUT2D eigenvalue weighted by molar-refractivity contribution is 8.15. The van der Waals surface area contributed by atoms with E-state index in [2.05, 4.69) is 15.5 Å². The van der Waals surface area contributed by atoms with Gasteiger partial charge in [-0.05, 0) is 50.6 Å². The van der Waals surface area contributed by atoms with Crippen LogP contribution in [0.1, 0.15) is 32.8 Å². The average Bonchev–Trinajstić information content (AvgIpc) is 2.84. The number of benzene rings is 1. The molecule has 1 heterocycles. The number of carboxylic acid groups (broad SMARTS) is 1. The van der Waals surface area contributed by atoms with Gasteiger partial charge in [-0.15, -0.1) is 5.10 Å². The molecular formula is C16H19N3O4S. The number of aliphatic carboxylic acids is 1. The molecule has 2 rings (SSSR count). The largest absolute Gasteiger partial charge is 0.491 e. The molecule has 8 heteroatoms. The molecule has 1 aromatic rings. The van der Waals surface area contributed by atoms with Crippen molar-refractivity contribution in [1.82, 2.24) is 5.32 Å². The van der Waals surface area contributed by atoms with Crippen LogP contribution in [0, 0.1) is 0 Å². The Labute approximate surface area is 144 Å². The van der Waals surface area contributed by atoms with Crippen LogP contribution in [0.15, 0.2) is 34.5 Å². The highest BCUT2D eigenvalue weighted by Gasteiger charge is 2.32. The zero-order valence-corrected chi connectivity index (χ0v) is 14.5. The van der Waals surface area contributed by atoms with Crippen molar-refractivity contribution >= 4 is 34.5 Å². The molecule has 1 aliphatic heterocycles. The van der Waals surface area contributed by atoms with Gasteiger partial charge >= 0.3 is 5.97 Å². The van der Waals surface area contributed by atoms with Gasteiger partial charge in [0.1, 0.15) is 11.0 Å². The zero-order valence-electron chi connectivity index (χ0n) is 13.6. The number of nitrogens with zero attached hydrogens (tertiary/aromatic N) is 2. The third-order valence-electron chi connectivity index (χ3n) is 3.07. The first-order valence-electron chi connectivity index (χ1n) is 7.44. The highest BCUT2D eigenvalue weighted by Crippen LogP contribution is 2.22. The van der Waals surface area contributed by atoms with E-state index in [-0.39, 0.29) is 18.4 Å². The van der Waals surface area contributed by atoms with E-state index in [1.54, 1.807) is 6.92 Å². The van der Waals surface area contributed by atoms with Crippen LogP contribution in [0.25, 0.3) is 0 Å². The summed E-state index contributed by atoms with van der Waals surface area (Å²) in [7, 11) is 0. The molecule has 1 atom stereocenters. The molecular weight excluding hydrogens is 330 g/mol. The number of carbonyl (C=O) groups excluding carboxylic acids is 1. The molecule has 7 nitrogen and oxygen atoms in total. The van der Waals surface area contributed by atoms with Gasteiger partial charge in [0.25, 0.3) is 0 Å². The van der Waals surface area contributed by atoms with Gasteiger partial charge < -0.3 is 15.2 Å². The molecule has 2 N–H and O–H groups in total. The van der Waals surface area contributed by atoms with Gasteiger partial charge in [-0.2, -0.15) is 5.10 Å². The standard InChI is InChI=1S/C16H19N3O4S/c1-9(2)23-12-6-4-11(5-7-12)10(3)18-19-16-17-15(22)13(24-16)8-14(20)21/h4-7,9,13H,8H2,1-3H3,(H,20,21)(H,17,19,22)/t13-/m1/s1. The first-order valence-corrected chi connectivity index (χ1v) is 8.31. The summed E-state index contributed by atoms with van der Waals surface area (Å²) in [5, 5.41) is 19.0. The van der Waals surface area contributed by atoms with Crippen LogP contribution in [0.5, 0.6) is 5.75 Å². The molecule has 1 fully saturated rings. The van der Waals surface area contributed by atoms with Crippen molar-refractivity contribution in [3.8, 4) is 5.75 Å². The minimum absolute atomic E-state index is 0.110. The maximum atomic E-state index is 11.6. The van der Waals surface area contributed by atoms with Crippen LogP contribution in [-0.2, 0) is 9.59 Å². The van der Waals surface area contributed by atoms with Gasteiger partial charge in [0, 0.05) is 0 Å². The minimum Gasteiger partial charge on any atom is -0.491 e. The van der Waals surface area contributed by atoms with Crippen LogP contribution in [0.2, 0.25) is 0 Å². The van der Waals surface area contributed by atoms with E-state index in [4.69, 9.17) is 9.84 Å². The zero-order chi connectivity index (χ0) is 17.7. The second-order valence-corrected chi connectivity index (χ2v) is 6.67. The van der Waals surface area contributed by atoms with Crippen molar-refractivity contribution in [2.75, 3.05) is 0 Å². The number of rotatable bonds is 6. The van der Waals surface area contributed by atoms with E-state index in [9.17, 15) is 9.59 Å². The molecule has 0 radical (unpaired) electrons. The van der Waals surface area contributed by atoms with Crippen LogP contribution in [0.4, 0.5) is 0 Å². The van der Waals surface area contributed by atoms with Crippen molar-refractivity contribution in [1.29, 1.82) is 0 Å². The molecule has 0 bridgehead atoms. The lowest BCUT2D eigenvalue weighted by Crippen LogP contribution is -2.26. The van der Waals surface area contributed by atoms with Crippen molar-refractivity contribution in [3.63, 3.8) is 0 Å². The van der Waals surface area contributed by atoms with E-state index >= 15 is 0 Å². The summed E-state index contributed by atoms with van der Waals surface area (Å²) in [6.45, 7) is 5.72. The van der Waals surface area contributed by atoms with Crippen molar-refractivity contribution in [3.05, 3.63) is 29.8 Å². The fraction of sp³-hybridized carbons (Fsp3) is 0.375. The molecule has 24 heavy (non-hydrogen) atoms. The normalized spacial score (nSPS) is 19.7. The lowest BCUT2D eigenvalue weighted by molar-refractivity contribution is -0.138. The number of hydrogen-bond acceptors (Lipinski definition) is 6. The maximum absolute atomic E-state index is 11.6. The van der Waals surface area contributed by atoms with Crippen LogP contribution < -0.4 is 10.1 Å². The Morgan fingerprint density at radius 3 is 2.62 bits per heavy atom. The van der Waals surface area contributed by atoms with Crippen LogP contribution >= 0.6 is 11.8 Å². The molecule has 0 aliphatic carbocycles. The summed E-state index contributed by atoms with van der Waals surface area (Å²) in [6, 6.07) is 7.47. The Balaban J connectivity index is 2.03. The lowest BCUT2D eigenvalue weighted by Gasteiger charge is -2.09. The highest BCUT2D eigenvalue weighted by atomic mass is 32.2. The molecule has 0 unspecified atom stereocenters. The van der Waals surface area contributed by atoms with E-state index in [1.165, 1.54) is 0 Å². The number of ether oxygens (including phenoxy) is 1. The summed E-state index contributed by atoms with van der Waals surface area (Å²) < 4.78 is 5.58. The summed E-state index contributed by atoms with van der Waals surface area (Å²) in [5.74, 6) is -0.598. The number of amides is 1. The second-order valence-electron chi connectivity index (χ2n) is 5.48. The number of carbonyl (C=O) groups is 2. The fourth-order valence-electron chi connectivity index (χ4n) is 1.97. The first-order chi connectivity index (χ1) is 11.3. The number of hydrogen-bond donors (Lipinski definition) is 2. The van der Waals surface area contributed by atoms with E-state index in [1.807, 2.05) is 38.1 Å². The predicted octanol–water partition coefficient (Wildman–Crippen LogP) is 2.26. The van der Waals surface area contributed by atoms with Gasteiger partial charge in [-0.1, -0.05) is 11.8 Å². The van der Waals surface area contributed by atoms with Gasteiger partial charge in [-0.25, -0.2) is 0 Å². The molecule has 1 aliphatic rings. The SMILES string of the molecule is CC(=NN=C1NC(=O)[C@@H](CC(=O)O)S1)c1ccc(OC(C)C)cc1. The predicted molar refractivity (Wildman–Crippen MR) is 93.6 cm³/mol. The fourth-order valence-corrected chi connectivity index (χ4v) is 2.88. The monoisotopic (exact) mass is 349 g/mol. The molecule has 1 saturated heterocycles. The Kier molecular flexibility index (Phi) is 5.97. The Hall–Kier alpha value is -2.35. The molecule has 128 valence electrons. The molecule has 0 saturated carbocycles. The summed E-state index contributed by atoms with van der Waals surface area (Å²) in [6.07, 6.45) is -0.131. The summed E-state index contributed by atoms with van der Waals surface area (Å²) in [4.78, 5) is 22.3.